The Bertz CT molecular complexity index is 728. The number of hydrogen-bond donors (Lipinski definition) is 2. The number of nitrogens with one attached hydrogen (secondary N) is 1. The van der Waals surface area contributed by atoms with Gasteiger partial charge in [-0.25, -0.2) is 8.42 Å². The molecule has 0 saturated carbocycles. The van der Waals surface area contributed by atoms with Gasteiger partial charge in [-0.1, -0.05) is 6.07 Å². The molecule has 0 atom stereocenters. The lowest BCUT2D eigenvalue weighted by atomic mass is 10.3. The minimum atomic E-state index is -3.77. The van der Waals surface area contributed by atoms with Crippen molar-refractivity contribution in [3.8, 4) is 5.75 Å². The van der Waals surface area contributed by atoms with Crippen molar-refractivity contribution in [2.24, 2.45) is 5.73 Å². The number of ether oxygens (including phenoxy) is 1. The fourth-order valence-corrected chi connectivity index (χ4v) is 3.76. The topological polar surface area (TPSA) is 94.6 Å². The van der Waals surface area contributed by atoms with E-state index in [-0.39, 0.29) is 16.1 Å². The van der Waals surface area contributed by atoms with Crippen LogP contribution in [0.5, 0.6) is 5.75 Å². The summed E-state index contributed by atoms with van der Waals surface area (Å²) in [4.78, 5) is 0.00441. The minimum Gasteiger partial charge on any atom is -0.494 e. The summed E-state index contributed by atoms with van der Waals surface area (Å²) in [6.07, 6.45) is 0. The molecule has 3 N–H and O–H groups in total. The molecule has 1 heterocycles. The van der Waals surface area contributed by atoms with E-state index in [1.807, 2.05) is 6.92 Å². The van der Waals surface area contributed by atoms with Gasteiger partial charge in [-0.2, -0.15) is 0 Å². The van der Waals surface area contributed by atoms with Crippen LogP contribution in [0.4, 0.5) is 5.69 Å². The first-order valence-corrected chi connectivity index (χ1v) is 8.48. The molecule has 0 amide bonds. The monoisotopic (exact) mass is 374 g/mol. The molecular weight excluding hydrogens is 360 g/mol. The minimum absolute atomic E-state index is 0.00441. The molecule has 1 aromatic carbocycles. The third-order valence-electron chi connectivity index (χ3n) is 2.59. The fraction of sp³-hybridized carbons (Fsp3) is 0.231. The molecule has 8 heteroatoms. The van der Waals surface area contributed by atoms with Gasteiger partial charge in [0.05, 0.1) is 18.8 Å². The van der Waals surface area contributed by atoms with Crippen LogP contribution in [0.3, 0.4) is 0 Å². The summed E-state index contributed by atoms with van der Waals surface area (Å²) in [6, 6.07) is 8.09. The highest BCUT2D eigenvalue weighted by Gasteiger charge is 2.22. The molecule has 0 aliphatic carbocycles. The molecule has 2 rings (SSSR count). The van der Waals surface area contributed by atoms with Crippen LogP contribution in [-0.2, 0) is 16.6 Å². The van der Waals surface area contributed by atoms with Gasteiger partial charge >= 0.3 is 0 Å². The highest BCUT2D eigenvalue weighted by atomic mass is 79.9. The molecule has 0 aliphatic rings. The first-order valence-electron chi connectivity index (χ1n) is 6.20. The van der Waals surface area contributed by atoms with E-state index in [1.165, 1.54) is 6.07 Å². The summed E-state index contributed by atoms with van der Waals surface area (Å²) in [5.41, 5.74) is 5.84. The van der Waals surface area contributed by atoms with Crippen molar-refractivity contribution >= 4 is 31.6 Å². The summed E-state index contributed by atoms with van der Waals surface area (Å²) < 4.78 is 37.8. The maximum Gasteiger partial charge on any atom is 0.266 e. The fourth-order valence-electron chi connectivity index (χ4n) is 1.71. The van der Waals surface area contributed by atoms with Gasteiger partial charge in [0.1, 0.15) is 16.4 Å². The standard InChI is InChI=1S/C13H15BrN2O4S/c1-2-19-10-5-3-4-9(6-10)16-21(17,18)12-7-11(8-15)20-13(12)14/h3-7,16H,2,8,15H2,1H3. The van der Waals surface area contributed by atoms with Crippen molar-refractivity contribution < 1.29 is 17.6 Å². The third-order valence-corrected chi connectivity index (χ3v) is 4.83. The molecule has 1 aromatic heterocycles. The Kier molecular flexibility index (Phi) is 4.92. The number of benzene rings is 1. The molecule has 21 heavy (non-hydrogen) atoms. The highest BCUT2D eigenvalue weighted by molar-refractivity contribution is 9.10. The lowest BCUT2D eigenvalue weighted by molar-refractivity contribution is 0.340. The normalized spacial score (nSPS) is 11.4. The summed E-state index contributed by atoms with van der Waals surface area (Å²) in [7, 11) is -3.77. The van der Waals surface area contributed by atoms with Gasteiger partial charge < -0.3 is 14.9 Å². The van der Waals surface area contributed by atoms with E-state index >= 15 is 0 Å². The molecule has 0 saturated heterocycles. The zero-order valence-electron chi connectivity index (χ0n) is 11.3. The van der Waals surface area contributed by atoms with Crippen molar-refractivity contribution in [2.45, 2.75) is 18.4 Å². The van der Waals surface area contributed by atoms with E-state index in [2.05, 4.69) is 20.7 Å². The first kappa shape index (κ1) is 15.9. The Labute approximate surface area is 131 Å². The van der Waals surface area contributed by atoms with Gasteiger partial charge in [0.15, 0.2) is 4.67 Å². The predicted molar refractivity (Wildman–Crippen MR) is 82.7 cm³/mol. The van der Waals surface area contributed by atoms with Gasteiger partial charge in [0.25, 0.3) is 10.0 Å². The smallest absolute Gasteiger partial charge is 0.266 e. The van der Waals surface area contributed by atoms with Crippen LogP contribution < -0.4 is 15.2 Å². The van der Waals surface area contributed by atoms with E-state index in [1.54, 1.807) is 24.3 Å². The van der Waals surface area contributed by atoms with Crippen LogP contribution in [-0.4, -0.2) is 15.0 Å². The molecule has 114 valence electrons. The molecule has 0 unspecified atom stereocenters. The summed E-state index contributed by atoms with van der Waals surface area (Å²) in [5, 5.41) is 0. The second kappa shape index (κ2) is 6.50. The van der Waals surface area contributed by atoms with E-state index in [0.717, 1.165) is 0 Å². The molecule has 2 aromatic rings. The van der Waals surface area contributed by atoms with Crippen molar-refractivity contribution in [2.75, 3.05) is 11.3 Å². The van der Waals surface area contributed by atoms with Crippen LogP contribution >= 0.6 is 15.9 Å². The zero-order chi connectivity index (χ0) is 15.5. The number of anilines is 1. The maximum atomic E-state index is 12.3. The molecule has 0 aliphatic heterocycles. The maximum absolute atomic E-state index is 12.3. The summed E-state index contributed by atoms with van der Waals surface area (Å²) >= 11 is 3.08. The highest BCUT2D eigenvalue weighted by Crippen LogP contribution is 2.28. The molecule has 0 radical (unpaired) electrons. The Morgan fingerprint density at radius 1 is 1.38 bits per heavy atom. The summed E-state index contributed by atoms with van der Waals surface area (Å²) in [5.74, 6) is 0.969. The molecule has 6 nitrogen and oxygen atoms in total. The Hall–Kier alpha value is -1.51. The number of hydrogen-bond acceptors (Lipinski definition) is 5. The van der Waals surface area contributed by atoms with Crippen LogP contribution in [0.2, 0.25) is 0 Å². The van der Waals surface area contributed by atoms with Crippen molar-refractivity contribution in [1.29, 1.82) is 0 Å². The predicted octanol–water partition coefficient (Wildman–Crippen LogP) is 2.70. The van der Waals surface area contributed by atoms with Crippen LogP contribution in [0.25, 0.3) is 0 Å². The van der Waals surface area contributed by atoms with Gasteiger partial charge in [0.2, 0.25) is 0 Å². The van der Waals surface area contributed by atoms with Crippen molar-refractivity contribution in [3.63, 3.8) is 0 Å². The van der Waals surface area contributed by atoms with Gasteiger partial charge in [-0.3, -0.25) is 4.72 Å². The Balaban J connectivity index is 2.28. The van der Waals surface area contributed by atoms with Gasteiger partial charge in [-0.05, 0) is 35.0 Å². The van der Waals surface area contributed by atoms with Crippen LogP contribution in [0.1, 0.15) is 12.7 Å². The van der Waals surface area contributed by atoms with Crippen LogP contribution in [0, 0.1) is 0 Å². The average molecular weight is 375 g/mol. The summed E-state index contributed by atoms with van der Waals surface area (Å²) in [6.45, 7) is 2.48. The Morgan fingerprint density at radius 2 is 2.14 bits per heavy atom. The largest absolute Gasteiger partial charge is 0.494 e. The number of rotatable bonds is 6. The van der Waals surface area contributed by atoms with Crippen molar-refractivity contribution in [1.82, 2.24) is 0 Å². The lowest BCUT2D eigenvalue weighted by Crippen LogP contribution is -2.12. The van der Waals surface area contributed by atoms with E-state index in [9.17, 15) is 8.42 Å². The molecule has 0 fully saturated rings. The third kappa shape index (κ3) is 3.78. The second-order valence-electron chi connectivity index (χ2n) is 4.12. The lowest BCUT2D eigenvalue weighted by Gasteiger charge is -2.08. The van der Waals surface area contributed by atoms with E-state index < -0.39 is 10.0 Å². The second-order valence-corrected chi connectivity index (χ2v) is 6.49. The van der Waals surface area contributed by atoms with Crippen LogP contribution in [0.15, 0.2) is 44.3 Å². The molecule has 0 bridgehead atoms. The number of nitrogens with two attached hydrogens (primary N) is 1. The number of halogens is 1. The average Bonchev–Trinajstić information content (AvgIpc) is 2.81. The van der Waals surface area contributed by atoms with Gasteiger partial charge in [-0.15, -0.1) is 0 Å². The number of furan rings is 1. The van der Waals surface area contributed by atoms with E-state index in [4.69, 9.17) is 14.9 Å². The van der Waals surface area contributed by atoms with Crippen molar-refractivity contribution in [3.05, 3.63) is 40.8 Å². The molecular formula is C13H15BrN2O4S. The van der Waals surface area contributed by atoms with Gasteiger partial charge in [0, 0.05) is 12.1 Å². The SMILES string of the molecule is CCOc1cccc(NS(=O)(=O)c2cc(CN)oc2Br)c1. The zero-order valence-corrected chi connectivity index (χ0v) is 13.7. The number of sulfonamides is 1. The Morgan fingerprint density at radius 3 is 2.76 bits per heavy atom. The van der Waals surface area contributed by atoms with E-state index in [0.29, 0.717) is 23.8 Å². The first-order chi connectivity index (χ1) is 9.96. The quantitative estimate of drug-likeness (QED) is 0.810. The molecule has 0 spiro atoms.